The van der Waals surface area contributed by atoms with Crippen LogP contribution < -0.4 is 5.32 Å². The number of rotatable bonds is 5. The maximum absolute atomic E-state index is 10.7. The van der Waals surface area contributed by atoms with Crippen LogP contribution in [-0.2, 0) is 17.3 Å². The van der Waals surface area contributed by atoms with Crippen molar-refractivity contribution in [2.45, 2.75) is 6.54 Å². The first-order valence-corrected chi connectivity index (χ1v) is 6.85. The third-order valence-corrected chi connectivity index (χ3v) is 3.50. The summed E-state index contributed by atoms with van der Waals surface area (Å²) in [6, 6.07) is 3.89. The molecule has 1 N–H and O–H groups in total. The Bertz CT molecular complexity index is 287. The minimum Gasteiger partial charge on any atom is -0.311 e. The van der Waals surface area contributed by atoms with Gasteiger partial charge in [0.15, 0.2) is 0 Å². The smallest absolute Gasteiger partial charge is 0.0931 e. The van der Waals surface area contributed by atoms with E-state index in [2.05, 4.69) is 5.32 Å². The standard InChI is InChI=1S/C8H12ClNOS2/c1-13(11)5-4-10-6-7-2-3-8(9)12-7/h2-3,10H,4-6H2,1H3. The number of thiophene rings is 1. The Kier molecular flexibility index (Phi) is 4.94. The van der Waals surface area contributed by atoms with E-state index in [1.807, 2.05) is 12.1 Å². The van der Waals surface area contributed by atoms with Crippen LogP contribution in [0.25, 0.3) is 0 Å². The molecule has 2 nitrogen and oxygen atoms in total. The molecule has 0 saturated carbocycles. The summed E-state index contributed by atoms with van der Waals surface area (Å²) in [5.74, 6) is 0.707. The Morgan fingerprint density at radius 3 is 2.92 bits per heavy atom. The van der Waals surface area contributed by atoms with Crippen molar-refractivity contribution in [3.8, 4) is 0 Å². The summed E-state index contributed by atoms with van der Waals surface area (Å²) < 4.78 is 11.5. The number of hydrogen-bond acceptors (Lipinski definition) is 3. The quantitative estimate of drug-likeness (QED) is 0.793. The lowest BCUT2D eigenvalue weighted by Crippen LogP contribution is -2.18. The first-order chi connectivity index (χ1) is 6.18. The molecule has 0 saturated heterocycles. The van der Waals surface area contributed by atoms with E-state index in [0.717, 1.165) is 17.4 Å². The van der Waals surface area contributed by atoms with E-state index in [9.17, 15) is 4.21 Å². The third-order valence-electron chi connectivity index (χ3n) is 1.49. The molecule has 0 radical (unpaired) electrons. The Hall–Kier alpha value is 0.1000. The van der Waals surface area contributed by atoms with E-state index >= 15 is 0 Å². The summed E-state index contributed by atoms with van der Waals surface area (Å²) in [7, 11) is -0.703. The lowest BCUT2D eigenvalue weighted by molar-refractivity contribution is 0.678. The summed E-state index contributed by atoms with van der Waals surface area (Å²) in [6.07, 6.45) is 1.71. The van der Waals surface area contributed by atoms with Gasteiger partial charge in [-0.05, 0) is 12.1 Å². The molecule has 1 aromatic rings. The molecular formula is C8H12ClNOS2. The average Bonchev–Trinajstić information content (AvgIpc) is 2.45. The third kappa shape index (κ3) is 4.76. The van der Waals surface area contributed by atoms with Crippen molar-refractivity contribution in [2.75, 3.05) is 18.6 Å². The Balaban J connectivity index is 2.16. The molecule has 74 valence electrons. The molecule has 13 heavy (non-hydrogen) atoms. The largest absolute Gasteiger partial charge is 0.311 e. The van der Waals surface area contributed by atoms with E-state index in [-0.39, 0.29) is 0 Å². The summed E-state index contributed by atoms with van der Waals surface area (Å²) in [6.45, 7) is 1.60. The van der Waals surface area contributed by atoms with Crippen molar-refractivity contribution in [2.24, 2.45) is 0 Å². The van der Waals surface area contributed by atoms with Crippen LogP contribution in [0.5, 0.6) is 0 Å². The monoisotopic (exact) mass is 237 g/mol. The lowest BCUT2D eigenvalue weighted by atomic mass is 10.4. The minimum atomic E-state index is -0.703. The van der Waals surface area contributed by atoms with Crippen molar-refractivity contribution in [1.29, 1.82) is 0 Å². The molecule has 0 fully saturated rings. The predicted molar refractivity (Wildman–Crippen MR) is 60.0 cm³/mol. The van der Waals surface area contributed by atoms with Crippen LogP contribution >= 0.6 is 22.9 Å². The summed E-state index contributed by atoms with van der Waals surface area (Å²) in [5.41, 5.74) is 0. The average molecular weight is 238 g/mol. The molecular weight excluding hydrogens is 226 g/mol. The SMILES string of the molecule is CS(=O)CCNCc1ccc(Cl)s1. The minimum absolute atomic E-state index is 0.703. The van der Waals surface area contributed by atoms with Crippen LogP contribution in [0.15, 0.2) is 12.1 Å². The van der Waals surface area contributed by atoms with Crippen LogP contribution in [0.1, 0.15) is 4.88 Å². The maximum Gasteiger partial charge on any atom is 0.0931 e. The van der Waals surface area contributed by atoms with Gasteiger partial charge in [0.05, 0.1) is 4.34 Å². The summed E-state index contributed by atoms with van der Waals surface area (Å²) >= 11 is 7.34. The van der Waals surface area contributed by atoms with Crippen LogP contribution in [-0.4, -0.2) is 22.8 Å². The van der Waals surface area contributed by atoms with Crippen molar-refractivity contribution >= 4 is 33.7 Å². The maximum atomic E-state index is 10.7. The fourth-order valence-corrected chi connectivity index (χ4v) is 2.36. The van der Waals surface area contributed by atoms with Crippen LogP contribution in [0.3, 0.4) is 0 Å². The van der Waals surface area contributed by atoms with E-state index in [4.69, 9.17) is 11.6 Å². The zero-order valence-corrected chi connectivity index (χ0v) is 9.77. The van der Waals surface area contributed by atoms with E-state index in [0.29, 0.717) is 5.75 Å². The highest BCUT2D eigenvalue weighted by atomic mass is 35.5. The molecule has 0 aromatic carbocycles. The molecule has 0 spiro atoms. The molecule has 1 rings (SSSR count). The van der Waals surface area contributed by atoms with Crippen LogP contribution in [0.2, 0.25) is 4.34 Å². The molecule has 0 aliphatic rings. The van der Waals surface area contributed by atoms with Crippen molar-refractivity contribution in [3.63, 3.8) is 0 Å². The van der Waals surface area contributed by atoms with Gasteiger partial charge in [0.2, 0.25) is 0 Å². The molecule has 0 amide bonds. The van der Waals surface area contributed by atoms with Crippen LogP contribution in [0, 0.1) is 0 Å². The fourth-order valence-electron chi connectivity index (χ4n) is 0.874. The summed E-state index contributed by atoms with van der Waals surface area (Å²) in [5, 5.41) is 3.21. The van der Waals surface area contributed by atoms with E-state index in [1.54, 1.807) is 17.6 Å². The number of halogens is 1. The van der Waals surface area contributed by atoms with Gasteiger partial charge >= 0.3 is 0 Å². The molecule has 1 unspecified atom stereocenters. The predicted octanol–water partition coefficient (Wildman–Crippen LogP) is 1.87. The van der Waals surface area contributed by atoms with Crippen molar-refractivity contribution in [3.05, 3.63) is 21.3 Å². The first kappa shape index (κ1) is 11.2. The van der Waals surface area contributed by atoms with Gasteiger partial charge in [0.25, 0.3) is 0 Å². The zero-order valence-electron chi connectivity index (χ0n) is 7.38. The topological polar surface area (TPSA) is 29.1 Å². The van der Waals surface area contributed by atoms with Gasteiger partial charge in [0, 0.05) is 40.8 Å². The van der Waals surface area contributed by atoms with Gasteiger partial charge in [0.1, 0.15) is 0 Å². The highest BCUT2D eigenvalue weighted by Gasteiger charge is 1.97. The van der Waals surface area contributed by atoms with Gasteiger partial charge in [-0.2, -0.15) is 0 Å². The second-order valence-corrected chi connectivity index (χ2v) is 6.01. The van der Waals surface area contributed by atoms with Gasteiger partial charge in [-0.25, -0.2) is 0 Å². The first-order valence-electron chi connectivity index (χ1n) is 3.93. The molecule has 1 atom stereocenters. The van der Waals surface area contributed by atoms with Gasteiger partial charge in [-0.1, -0.05) is 11.6 Å². The highest BCUT2D eigenvalue weighted by Crippen LogP contribution is 2.20. The van der Waals surface area contributed by atoms with Crippen LogP contribution in [0.4, 0.5) is 0 Å². The number of nitrogens with one attached hydrogen (secondary N) is 1. The molecule has 1 heterocycles. The lowest BCUT2D eigenvalue weighted by Gasteiger charge is -1.99. The molecule has 5 heteroatoms. The second-order valence-electron chi connectivity index (χ2n) is 2.66. The van der Waals surface area contributed by atoms with Crippen molar-refractivity contribution in [1.82, 2.24) is 5.32 Å². The van der Waals surface area contributed by atoms with Gasteiger partial charge in [-0.15, -0.1) is 11.3 Å². The highest BCUT2D eigenvalue weighted by molar-refractivity contribution is 7.84. The van der Waals surface area contributed by atoms with E-state index in [1.165, 1.54) is 4.88 Å². The van der Waals surface area contributed by atoms with Gasteiger partial charge < -0.3 is 5.32 Å². The zero-order chi connectivity index (χ0) is 9.68. The molecule has 0 aliphatic carbocycles. The Morgan fingerprint density at radius 2 is 2.38 bits per heavy atom. The Labute approximate surface area is 89.8 Å². The number of hydrogen-bond donors (Lipinski definition) is 1. The fraction of sp³-hybridized carbons (Fsp3) is 0.500. The Morgan fingerprint density at radius 1 is 1.62 bits per heavy atom. The van der Waals surface area contributed by atoms with Gasteiger partial charge in [-0.3, -0.25) is 4.21 Å². The molecule has 1 aromatic heterocycles. The summed E-state index contributed by atoms with van der Waals surface area (Å²) in [4.78, 5) is 1.21. The van der Waals surface area contributed by atoms with Crippen molar-refractivity contribution < 1.29 is 4.21 Å². The normalized spacial score (nSPS) is 13.1. The van der Waals surface area contributed by atoms with E-state index < -0.39 is 10.8 Å². The molecule has 0 bridgehead atoms. The second kappa shape index (κ2) is 5.75. The molecule has 0 aliphatic heterocycles.